The molecule has 5 nitrogen and oxygen atoms in total. The lowest BCUT2D eigenvalue weighted by atomic mass is 10.00. The van der Waals surface area contributed by atoms with Crippen LogP contribution in [0, 0.1) is 5.92 Å². The number of carbonyl (C=O) groups is 1. The lowest BCUT2D eigenvalue weighted by Gasteiger charge is -2.33. The fourth-order valence-electron chi connectivity index (χ4n) is 2.49. The monoisotopic (exact) mass is 257 g/mol. The summed E-state index contributed by atoms with van der Waals surface area (Å²) in [5, 5.41) is 2.94. The molecule has 0 aromatic carbocycles. The second-order valence-corrected chi connectivity index (χ2v) is 5.48. The first-order valence-electron chi connectivity index (χ1n) is 6.80. The quantitative estimate of drug-likeness (QED) is 0.713. The van der Waals surface area contributed by atoms with E-state index in [2.05, 4.69) is 17.1 Å². The largest absolute Gasteiger partial charge is 0.383 e. The van der Waals surface area contributed by atoms with Gasteiger partial charge < -0.3 is 20.7 Å². The van der Waals surface area contributed by atoms with Gasteiger partial charge in [-0.1, -0.05) is 6.92 Å². The van der Waals surface area contributed by atoms with Crippen molar-refractivity contribution in [2.24, 2.45) is 11.7 Å². The number of hydrogen-bond acceptors (Lipinski definition) is 4. The Morgan fingerprint density at radius 2 is 2.33 bits per heavy atom. The van der Waals surface area contributed by atoms with Crippen LogP contribution < -0.4 is 11.1 Å². The molecule has 1 fully saturated rings. The maximum atomic E-state index is 11.7. The summed E-state index contributed by atoms with van der Waals surface area (Å²) >= 11 is 0. The molecule has 0 spiro atoms. The van der Waals surface area contributed by atoms with Gasteiger partial charge in [0.05, 0.1) is 6.61 Å². The zero-order valence-electron chi connectivity index (χ0n) is 11.8. The van der Waals surface area contributed by atoms with E-state index in [9.17, 15) is 4.79 Å². The second kappa shape index (κ2) is 7.71. The number of nitrogens with two attached hydrogens (primary N) is 1. The average molecular weight is 257 g/mol. The van der Waals surface area contributed by atoms with Gasteiger partial charge in [0.1, 0.15) is 6.04 Å². The first kappa shape index (κ1) is 15.4. The summed E-state index contributed by atoms with van der Waals surface area (Å²) in [6, 6.07) is -0.441. The highest BCUT2D eigenvalue weighted by Gasteiger charge is 2.20. The van der Waals surface area contributed by atoms with Crippen LogP contribution in [0.2, 0.25) is 0 Å². The molecule has 106 valence electrons. The molecule has 5 heteroatoms. The minimum Gasteiger partial charge on any atom is -0.383 e. The molecule has 3 unspecified atom stereocenters. The number of likely N-dealkylation sites (tertiary alicyclic amines) is 1. The predicted octanol–water partition coefficient (Wildman–Crippen LogP) is 0.197. The molecule has 0 saturated carbocycles. The van der Waals surface area contributed by atoms with Crippen molar-refractivity contribution in [3.63, 3.8) is 0 Å². The standard InChI is InChI=1S/C13H27N3O2/c1-10-5-4-6-16(7-10)8-11(2)15-13(17)12(14)9-18-3/h10-12H,4-9,14H2,1-3H3,(H,15,17). The van der Waals surface area contributed by atoms with Gasteiger partial charge in [0, 0.05) is 26.2 Å². The molecule has 0 aromatic heterocycles. The number of nitrogens with one attached hydrogen (secondary N) is 1. The van der Waals surface area contributed by atoms with Gasteiger partial charge in [0.2, 0.25) is 5.91 Å². The first-order chi connectivity index (χ1) is 8.52. The van der Waals surface area contributed by atoms with Crippen LogP contribution in [0.4, 0.5) is 0 Å². The molecule has 0 aliphatic carbocycles. The average Bonchev–Trinajstić information content (AvgIpc) is 2.28. The van der Waals surface area contributed by atoms with E-state index in [0.717, 1.165) is 25.6 Å². The highest BCUT2D eigenvalue weighted by Crippen LogP contribution is 2.15. The third kappa shape index (κ3) is 5.33. The van der Waals surface area contributed by atoms with Crippen molar-refractivity contribution in [1.29, 1.82) is 0 Å². The summed E-state index contributed by atoms with van der Waals surface area (Å²) < 4.78 is 4.87. The summed E-state index contributed by atoms with van der Waals surface area (Å²) in [4.78, 5) is 14.1. The second-order valence-electron chi connectivity index (χ2n) is 5.48. The van der Waals surface area contributed by atoms with Crippen LogP contribution in [0.25, 0.3) is 0 Å². The van der Waals surface area contributed by atoms with Gasteiger partial charge in [-0.3, -0.25) is 4.79 Å². The van der Waals surface area contributed by atoms with Crippen LogP contribution in [0.1, 0.15) is 26.7 Å². The molecular weight excluding hydrogens is 230 g/mol. The molecule has 0 bridgehead atoms. The topological polar surface area (TPSA) is 67.6 Å². The van der Waals surface area contributed by atoms with Crippen molar-refractivity contribution >= 4 is 5.91 Å². The first-order valence-corrected chi connectivity index (χ1v) is 6.80. The Labute approximate surface area is 110 Å². The maximum Gasteiger partial charge on any atom is 0.239 e. The van der Waals surface area contributed by atoms with E-state index < -0.39 is 6.04 Å². The minimum absolute atomic E-state index is 0.130. The molecule has 1 amide bonds. The van der Waals surface area contributed by atoms with Crippen LogP contribution in [-0.4, -0.2) is 56.2 Å². The molecule has 1 aliphatic rings. The van der Waals surface area contributed by atoms with Crippen molar-refractivity contribution in [3.8, 4) is 0 Å². The number of methoxy groups -OCH3 is 1. The summed E-state index contributed by atoms with van der Waals surface area (Å²) in [5.74, 6) is 0.631. The van der Waals surface area contributed by atoms with Crippen molar-refractivity contribution in [3.05, 3.63) is 0 Å². The molecule has 3 atom stereocenters. The molecule has 0 aromatic rings. The Morgan fingerprint density at radius 1 is 1.61 bits per heavy atom. The SMILES string of the molecule is COCC(N)C(=O)NC(C)CN1CCCC(C)C1. The van der Waals surface area contributed by atoms with Crippen LogP contribution in [0.5, 0.6) is 0 Å². The minimum atomic E-state index is -0.572. The number of nitrogens with zero attached hydrogens (tertiary/aromatic N) is 1. The van der Waals surface area contributed by atoms with Crippen molar-refractivity contribution in [2.45, 2.75) is 38.8 Å². The van der Waals surface area contributed by atoms with E-state index in [1.807, 2.05) is 6.92 Å². The van der Waals surface area contributed by atoms with Crippen LogP contribution in [0.3, 0.4) is 0 Å². The third-order valence-corrected chi connectivity index (χ3v) is 3.34. The van der Waals surface area contributed by atoms with Crippen molar-refractivity contribution in [2.75, 3.05) is 33.4 Å². The van der Waals surface area contributed by atoms with Crippen LogP contribution in [0.15, 0.2) is 0 Å². The van der Waals surface area contributed by atoms with Gasteiger partial charge in [-0.05, 0) is 32.2 Å². The molecular formula is C13H27N3O2. The lowest BCUT2D eigenvalue weighted by Crippen LogP contribution is -2.50. The van der Waals surface area contributed by atoms with Gasteiger partial charge in [0.15, 0.2) is 0 Å². The normalized spacial score (nSPS) is 24.6. The highest BCUT2D eigenvalue weighted by molar-refractivity contribution is 5.81. The Bertz CT molecular complexity index is 261. The number of amides is 1. The smallest absolute Gasteiger partial charge is 0.239 e. The van der Waals surface area contributed by atoms with Crippen LogP contribution in [-0.2, 0) is 9.53 Å². The van der Waals surface area contributed by atoms with E-state index in [-0.39, 0.29) is 18.6 Å². The van der Waals surface area contributed by atoms with E-state index in [1.54, 1.807) is 7.11 Å². The van der Waals surface area contributed by atoms with Crippen molar-refractivity contribution in [1.82, 2.24) is 10.2 Å². The van der Waals surface area contributed by atoms with Gasteiger partial charge in [-0.2, -0.15) is 0 Å². The summed E-state index contributed by atoms with van der Waals surface area (Å²) in [7, 11) is 1.55. The van der Waals surface area contributed by atoms with Gasteiger partial charge in [-0.25, -0.2) is 0 Å². The van der Waals surface area contributed by atoms with E-state index in [4.69, 9.17) is 10.5 Å². The zero-order chi connectivity index (χ0) is 13.5. The van der Waals surface area contributed by atoms with Gasteiger partial charge in [0.25, 0.3) is 0 Å². The predicted molar refractivity (Wildman–Crippen MR) is 72.3 cm³/mol. The Morgan fingerprint density at radius 3 is 2.94 bits per heavy atom. The van der Waals surface area contributed by atoms with Gasteiger partial charge >= 0.3 is 0 Å². The Hall–Kier alpha value is -0.650. The number of ether oxygens (including phenoxy) is 1. The maximum absolute atomic E-state index is 11.7. The molecule has 0 radical (unpaired) electrons. The fourth-order valence-corrected chi connectivity index (χ4v) is 2.49. The summed E-state index contributed by atoms with van der Waals surface area (Å²) in [6.07, 6.45) is 2.57. The number of piperidine rings is 1. The molecule has 1 saturated heterocycles. The van der Waals surface area contributed by atoms with Crippen LogP contribution >= 0.6 is 0 Å². The van der Waals surface area contributed by atoms with E-state index in [0.29, 0.717) is 0 Å². The Kier molecular flexibility index (Phi) is 6.60. The van der Waals surface area contributed by atoms with E-state index >= 15 is 0 Å². The molecule has 1 heterocycles. The number of carbonyl (C=O) groups excluding carboxylic acids is 1. The highest BCUT2D eigenvalue weighted by atomic mass is 16.5. The Balaban J connectivity index is 2.27. The molecule has 1 rings (SSSR count). The summed E-state index contributed by atoms with van der Waals surface area (Å²) in [5.41, 5.74) is 5.68. The molecule has 1 aliphatic heterocycles. The fraction of sp³-hybridized carbons (Fsp3) is 0.923. The van der Waals surface area contributed by atoms with E-state index in [1.165, 1.54) is 12.8 Å². The summed E-state index contributed by atoms with van der Waals surface area (Å²) in [6.45, 7) is 7.73. The number of rotatable bonds is 6. The number of hydrogen-bond donors (Lipinski definition) is 2. The van der Waals surface area contributed by atoms with Gasteiger partial charge in [-0.15, -0.1) is 0 Å². The molecule has 3 N–H and O–H groups in total. The van der Waals surface area contributed by atoms with Crippen molar-refractivity contribution < 1.29 is 9.53 Å². The third-order valence-electron chi connectivity index (χ3n) is 3.34. The molecule has 18 heavy (non-hydrogen) atoms. The lowest BCUT2D eigenvalue weighted by molar-refractivity contribution is -0.124. The zero-order valence-corrected chi connectivity index (χ0v) is 11.8.